The molecule has 0 spiro atoms. The second kappa shape index (κ2) is 4.04. The lowest BCUT2D eigenvalue weighted by Gasteiger charge is -2.13. The van der Waals surface area contributed by atoms with Crippen molar-refractivity contribution in [3.05, 3.63) is 30.1 Å². The highest BCUT2D eigenvalue weighted by Crippen LogP contribution is 2.12. The molecule has 14 heavy (non-hydrogen) atoms. The van der Waals surface area contributed by atoms with E-state index >= 15 is 0 Å². The molecule has 1 aromatic heterocycles. The summed E-state index contributed by atoms with van der Waals surface area (Å²) in [5.74, 6) is 0. The molecule has 2 N–H and O–H groups in total. The molecule has 0 bridgehead atoms. The quantitative estimate of drug-likeness (QED) is 0.674. The van der Waals surface area contributed by atoms with Crippen molar-refractivity contribution in [3.63, 3.8) is 0 Å². The van der Waals surface area contributed by atoms with Gasteiger partial charge in [-0.2, -0.15) is 0 Å². The van der Waals surface area contributed by atoms with Gasteiger partial charge in [0.05, 0.1) is 17.9 Å². The average molecular weight is 194 g/mol. The molecule has 0 aromatic carbocycles. The minimum absolute atomic E-state index is 0.526. The first-order valence-corrected chi connectivity index (χ1v) is 4.74. The third kappa shape index (κ3) is 2.09. The van der Waals surface area contributed by atoms with Crippen LogP contribution in [0.3, 0.4) is 0 Å². The van der Waals surface area contributed by atoms with Crippen molar-refractivity contribution in [2.75, 3.05) is 13.1 Å². The third-order valence-corrected chi connectivity index (χ3v) is 2.45. The van der Waals surface area contributed by atoms with Crippen LogP contribution in [0.4, 0.5) is 0 Å². The minimum Gasteiger partial charge on any atom is -0.389 e. The van der Waals surface area contributed by atoms with Crippen molar-refractivity contribution >= 4 is 0 Å². The van der Waals surface area contributed by atoms with Crippen molar-refractivity contribution in [3.8, 4) is 0 Å². The fourth-order valence-corrected chi connectivity index (χ4v) is 1.70. The monoisotopic (exact) mass is 194 g/mol. The Balaban J connectivity index is 1.94. The Morgan fingerprint density at radius 2 is 2.00 bits per heavy atom. The Labute approximate surface area is 82.8 Å². The molecular formula is C10H14N2O2. The molecule has 76 valence electrons. The van der Waals surface area contributed by atoms with Crippen LogP contribution >= 0.6 is 0 Å². The van der Waals surface area contributed by atoms with E-state index in [0.717, 1.165) is 5.69 Å². The maximum atomic E-state index is 9.33. The lowest BCUT2D eigenvalue weighted by atomic mass is 10.3. The second-order valence-corrected chi connectivity index (χ2v) is 3.65. The topological polar surface area (TPSA) is 56.6 Å². The largest absolute Gasteiger partial charge is 0.389 e. The van der Waals surface area contributed by atoms with E-state index in [1.165, 1.54) is 0 Å². The van der Waals surface area contributed by atoms with Crippen molar-refractivity contribution < 1.29 is 10.2 Å². The van der Waals surface area contributed by atoms with Crippen molar-refractivity contribution in [2.45, 2.75) is 18.8 Å². The van der Waals surface area contributed by atoms with Gasteiger partial charge < -0.3 is 10.2 Å². The smallest absolute Gasteiger partial charge is 0.0938 e. The number of hydrogen-bond acceptors (Lipinski definition) is 4. The zero-order chi connectivity index (χ0) is 9.97. The predicted molar refractivity (Wildman–Crippen MR) is 51.5 cm³/mol. The minimum atomic E-state index is -0.612. The summed E-state index contributed by atoms with van der Waals surface area (Å²) in [7, 11) is 0. The van der Waals surface area contributed by atoms with Gasteiger partial charge in [0.25, 0.3) is 0 Å². The van der Waals surface area contributed by atoms with E-state index in [1.807, 2.05) is 23.1 Å². The van der Waals surface area contributed by atoms with Crippen LogP contribution in [0.25, 0.3) is 0 Å². The van der Waals surface area contributed by atoms with Gasteiger partial charge in [0, 0.05) is 25.8 Å². The average Bonchev–Trinajstić information content (AvgIpc) is 2.47. The third-order valence-electron chi connectivity index (χ3n) is 2.45. The summed E-state index contributed by atoms with van der Waals surface area (Å²) in [5, 5.41) is 18.7. The van der Waals surface area contributed by atoms with E-state index in [4.69, 9.17) is 0 Å². The van der Waals surface area contributed by atoms with Crippen LogP contribution in [0.2, 0.25) is 0 Å². The van der Waals surface area contributed by atoms with Crippen LogP contribution in [0.1, 0.15) is 5.69 Å². The van der Waals surface area contributed by atoms with E-state index in [2.05, 4.69) is 4.98 Å². The Bertz CT molecular complexity index is 281. The van der Waals surface area contributed by atoms with Crippen molar-refractivity contribution in [1.82, 2.24) is 9.88 Å². The lowest BCUT2D eigenvalue weighted by molar-refractivity contribution is 0.0572. The van der Waals surface area contributed by atoms with Gasteiger partial charge in [-0.25, -0.2) is 0 Å². The zero-order valence-electron chi connectivity index (χ0n) is 7.87. The fourth-order valence-electron chi connectivity index (χ4n) is 1.70. The molecule has 0 amide bonds. The van der Waals surface area contributed by atoms with Crippen LogP contribution in [-0.2, 0) is 6.54 Å². The number of aromatic nitrogens is 1. The van der Waals surface area contributed by atoms with E-state index in [9.17, 15) is 10.2 Å². The molecular weight excluding hydrogens is 180 g/mol. The molecule has 1 aromatic rings. The van der Waals surface area contributed by atoms with Gasteiger partial charge in [0.2, 0.25) is 0 Å². The number of likely N-dealkylation sites (tertiary alicyclic amines) is 1. The van der Waals surface area contributed by atoms with Gasteiger partial charge in [0.1, 0.15) is 0 Å². The number of aliphatic hydroxyl groups excluding tert-OH is 2. The summed E-state index contributed by atoms with van der Waals surface area (Å²) in [5.41, 5.74) is 0.966. The lowest BCUT2D eigenvalue weighted by Crippen LogP contribution is -2.22. The first-order chi connectivity index (χ1) is 6.75. The van der Waals surface area contributed by atoms with E-state index in [0.29, 0.717) is 19.6 Å². The van der Waals surface area contributed by atoms with E-state index in [1.54, 1.807) is 6.20 Å². The second-order valence-electron chi connectivity index (χ2n) is 3.65. The Morgan fingerprint density at radius 3 is 2.57 bits per heavy atom. The molecule has 1 fully saturated rings. The first-order valence-electron chi connectivity index (χ1n) is 4.74. The molecule has 2 unspecified atom stereocenters. The highest BCUT2D eigenvalue weighted by molar-refractivity contribution is 5.04. The van der Waals surface area contributed by atoms with Crippen LogP contribution in [0.15, 0.2) is 24.4 Å². The standard InChI is InChI=1S/C10H14N2O2/c13-9-6-12(7-10(9)14)5-8-3-1-2-4-11-8/h1-4,9-10,13-14H,5-7H2. The maximum absolute atomic E-state index is 9.33. The van der Waals surface area contributed by atoms with Crippen molar-refractivity contribution in [1.29, 1.82) is 0 Å². The number of β-amino-alcohol motifs (C(OH)–C–C–N with tert-alkyl or cyclic N) is 2. The number of pyridine rings is 1. The fraction of sp³-hybridized carbons (Fsp3) is 0.500. The molecule has 2 heterocycles. The summed E-state index contributed by atoms with van der Waals surface area (Å²) >= 11 is 0. The van der Waals surface area contributed by atoms with E-state index in [-0.39, 0.29) is 0 Å². The normalized spacial score (nSPS) is 28.1. The molecule has 4 heteroatoms. The van der Waals surface area contributed by atoms with Crippen LogP contribution in [0.5, 0.6) is 0 Å². The number of hydrogen-bond donors (Lipinski definition) is 2. The van der Waals surface area contributed by atoms with Gasteiger partial charge in [-0.05, 0) is 12.1 Å². The number of rotatable bonds is 2. The van der Waals surface area contributed by atoms with Gasteiger partial charge in [-0.1, -0.05) is 6.07 Å². The van der Waals surface area contributed by atoms with Gasteiger partial charge in [-0.15, -0.1) is 0 Å². The molecule has 2 atom stereocenters. The Kier molecular flexibility index (Phi) is 2.77. The molecule has 1 aliphatic heterocycles. The molecule has 1 aliphatic rings. The highest BCUT2D eigenvalue weighted by Gasteiger charge is 2.29. The zero-order valence-corrected chi connectivity index (χ0v) is 7.87. The first kappa shape index (κ1) is 9.58. The van der Waals surface area contributed by atoms with Crippen molar-refractivity contribution in [2.24, 2.45) is 0 Å². The Hall–Kier alpha value is -0.970. The van der Waals surface area contributed by atoms with Gasteiger partial charge in [0.15, 0.2) is 0 Å². The van der Waals surface area contributed by atoms with Gasteiger partial charge in [-0.3, -0.25) is 9.88 Å². The number of aliphatic hydroxyl groups is 2. The van der Waals surface area contributed by atoms with Crippen LogP contribution < -0.4 is 0 Å². The molecule has 0 radical (unpaired) electrons. The number of nitrogens with zero attached hydrogens (tertiary/aromatic N) is 2. The maximum Gasteiger partial charge on any atom is 0.0938 e. The van der Waals surface area contributed by atoms with Crippen LogP contribution in [0, 0.1) is 0 Å². The summed E-state index contributed by atoms with van der Waals surface area (Å²) in [6, 6.07) is 5.75. The Morgan fingerprint density at radius 1 is 1.29 bits per heavy atom. The summed E-state index contributed by atoms with van der Waals surface area (Å²) in [4.78, 5) is 6.19. The SMILES string of the molecule is OC1CN(Cc2ccccn2)CC1O. The molecule has 0 saturated carbocycles. The summed E-state index contributed by atoms with van der Waals surface area (Å²) in [6.45, 7) is 1.74. The van der Waals surface area contributed by atoms with Crippen LogP contribution in [-0.4, -0.2) is 45.4 Å². The molecule has 0 aliphatic carbocycles. The summed E-state index contributed by atoms with van der Waals surface area (Å²) < 4.78 is 0. The summed E-state index contributed by atoms with van der Waals surface area (Å²) in [6.07, 6.45) is 0.524. The molecule has 1 saturated heterocycles. The van der Waals surface area contributed by atoms with Gasteiger partial charge >= 0.3 is 0 Å². The van der Waals surface area contributed by atoms with E-state index < -0.39 is 12.2 Å². The molecule has 4 nitrogen and oxygen atoms in total. The predicted octanol–water partition coefficient (Wildman–Crippen LogP) is -0.381. The molecule has 2 rings (SSSR count). The highest BCUT2D eigenvalue weighted by atomic mass is 16.3.